The third-order valence-corrected chi connectivity index (χ3v) is 5.33. The Hall–Kier alpha value is -1.22. The number of nitrogens with two attached hydrogens (primary N) is 1. The van der Waals surface area contributed by atoms with Crippen LogP contribution in [0.3, 0.4) is 0 Å². The molecule has 1 fully saturated rings. The van der Waals surface area contributed by atoms with Gasteiger partial charge in [-0.15, -0.1) is 0 Å². The Morgan fingerprint density at radius 3 is 2.95 bits per heavy atom. The molecule has 0 aromatic carbocycles. The summed E-state index contributed by atoms with van der Waals surface area (Å²) in [5.41, 5.74) is 2.65. The molecular formula is C11H18N4O3S. The first-order valence-corrected chi connectivity index (χ1v) is 7.49. The summed E-state index contributed by atoms with van der Waals surface area (Å²) in [6.07, 6.45) is 2.71. The maximum atomic E-state index is 12.5. The fourth-order valence-corrected chi connectivity index (χ4v) is 3.65. The van der Waals surface area contributed by atoms with E-state index in [4.69, 9.17) is 5.84 Å². The zero-order chi connectivity index (χ0) is 14.0. The third kappa shape index (κ3) is 2.71. The molecule has 106 valence electrons. The molecule has 0 aliphatic carbocycles. The summed E-state index contributed by atoms with van der Waals surface area (Å²) < 4.78 is 26.3. The molecule has 2 rings (SSSR count). The molecule has 1 aromatic heterocycles. The van der Waals surface area contributed by atoms with Gasteiger partial charge in [0, 0.05) is 25.5 Å². The maximum Gasteiger partial charge on any atom is 0.246 e. The average molecular weight is 286 g/mol. The van der Waals surface area contributed by atoms with Crippen LogP contribution in [0, 0.1) is 5.92 Å². The van der Waals surface area contributed by atoms with Crippen molar-refractivity contribution in [2.24, 2.45) is 11.8 Å². The highest BCUT2D eigenvalue weighted by atomic mass is 32.2. The number of β-amino-alcohol motifs (C(OH)–C–C–N with tert-alkyl or cyclic N) is 1. The number of piperidine rings is 1. The minimum atomic E-state index is -3.69. The minimum Gasteiger partial charge on any atom is -0.391 e. The molecule has 1 aliphatic rings. The third-order valence-electron chi connectivity index (χ3n) is 3.44. The van der Waals surface area contributed by atoms with Crippen molar-refractivity contribution in [1.29, 1.82) is 0 Å². The summed E-state index contributed by atoms with van der Waals surface area (Å²) in [7, 11) is -3.69. The van der Waals surface area contributed by atoms with Crippen LogP contribution in [0.2, 0.25) is 0 Å². The van der Waals surface area contributed by atoms with E-state index in [0.717, 1.165) is 0 Å². The Balaban J connectivity index is 2.32. The molecule has 1 aliphatic heterocycles. The molecule has 2 heterocycles. The summed E-state index contributed by atoms with van der Waals surface area (Å²) in [6, 6.07) is 1.50. The van der Waals surface area contributed by atoms with Crippen molar-refractivity contribution in [1.82, 2.24) is 9.29 Å². The number of anilines is 1. The zero-order valence-corrected chi connectivity index (χ0v) is 11.5. The van der Waals surface area contributed by atoms with Crippen LogP contribution in [0.25, 0.3) is 0 Å². The summed E-state index contributed by atoms with van der Waals surface area (Å²) in [5, 5.41) is 9.82. The number of nitrogen functional groups attached to an aromatic ring is 1. The Bertz CT molecular complexity index is 549. The van der Waals surface area contributed by atoms with Gasteiger partial charge in [0.25, 0.3) is 0 Å². The number of hydrogen-bond acceptors (Lipinski definition) is 6. The molecule has 0 amide bonds. The molecule has 2 atom stereocenters. The van der Waals surface area contributed by atoms with Crippen LogP contribution in [0.5, 0.6) is 0 Å². The molecule has 0 spiro atoms. The van der Waals surface area contributed by atoms with E-state index in [2.05, 4.69) is 10.4 Å². The Morgan fingerprint density at radius 1 is 1.58 bits per heavy atom. The molecule has 19 heavy (non-hydrogen) atoms. The van der Waals surface area contributed by atoms with Gasteiger partial charge in [-0.25, -0.2) is 8.42 Å². The van der Waals surface area contributed by atoms with E-state index in [0.29, 0.717) is 18.7 Å². The van der Waals surface area contributed by atoms with E-state index in [9.17, 15) is 13.5 Å². The SMILES string of the molecule is CC1CCN(S(=O)(=O)c2cnccc2NN)CC1O. The molecule has 0 bridgehead atoms. The molecule has 1 saturated heterocycles. The van der Waals surface area contributed by atoms with Gasteiger partial charge in [-0.3, -0.25) is 10.8 Å². The van der Waals surface area contributed by atoms with Gasteiger partial charge in [0.2, 0.25) is 10.0 Å². The predicted octanol–water partition coefficient (Wildman–Crippen LogP) is -0.241. The van der Waals surface area contributed by atoms with Crippen LogP contribution in [0.15, 0.2) is 23.4 Å². The highest BCUT2D eigenvalue weighted by Crippen LogP contribution is 2.27. The molecule has 7 nitrogen and oxygen atoms in total. The second-order valence-electron chi connectivity index (χ2n) is 4.71. The number of aliphatic hydroxyl groups excluding tert-OH is 1. The number of rotatable bonds is 3. The molecule has 0 radical (unpaired) electrons. The quantitative estimate of drug-likeness (QED) is 0.522. The molecular weight excluding hydrogens is 268 g/mol. The van der Waals surface area contributed by atoms with Crippen molar-refractivity contribution >= 4 is 15.7 Å². The number of hydrazine groups is 1. The number of pyridine rings is 1. The van der Waals surface area contributed by atoms with E-state index < -0.39 is 16.1 Å². The van der Waals surface area contributed by atoms with Crippen molar-refractivity contribution < 1.29 is 13.5 Å². The molecule has 4 N–H and O–H groups in total. The van der Waals surface area contributed by atoms with Crippen LogP contribution in [0.4, 0.5) is 5.69 Å². The largest absolute Gasteiger partial charge is 0.391 e. The van der Waals surface area contributed by atoms with E-state index in [1.54, 1.807) is 0 Å². The van der Waals surface area contributed by atoms with Gasteiger partial charge in [-0.2, -0.15) is 4.31 Å². The van der Waals surface area contributed by atoms with Gasteiger partial charge in [0.1, 0.15) is 4.90 Å². The van der Waals surface area contributed by atoms with Crippen molar-refractivity contribution in [2.45, 2.75) is 24.3 Å². The van der Waals surface area contributed by atoms with Gasteiger partial charge < -0.3 is 10.5 Å². The lowest BCUT2D eigenvalue weighted by molar-refractivity contribution is 0.0605. The first-order chi connectivity index (χ1) is 8.96. The summed E-state index contributed by atoms with van der Waals surface area (Å²) in [4.78, 5) is 3.85. The lowest BCUT2D eigenvalue weighted by atomic mass is 9.98. The van der Waals surface area contributed by atoms with Gasteiger partial charge >= 0.3 is 0 Å². The second kappa shape index (κ2) is 5.41. The van der Waals surface area contributed by atoms with Crippen LogP contribution in [0.1, 0.15) is 13.3 Å². The fraction of sp³-hybridized carbons (Fsp3) is 0.545. The van der Waals surface area contributed by atoms with E-state index >= 15 is 0 Å². The van der Waals surface area contributed by atoms with E-state index in [1.165, 1.54) is 22.8 Å². The average Bonchev–Trinajstić information content (AvgIpc) is 2.41. The maximum absolute atomic E-state index is 12.5. The monoisotopic (exact) mass is 286 g/mol. The number of aliphatic hydroxyl groups is 1. The highest BCUT2D eigenvalue weighted by molar-refractivity contribution is 7.89. The topological polar surface area (TPSA) is 109 Å². The van der Waals surface area contributed by atoms with E-state index in [-0.39, 0.29) is 17.4 Å². The second-order valence-corrected chi connectivity index (χ2v) is 6.62. The number of aromatic nitrogens is 1. The smallest absolute Gasteiger partial charge is 0.246 e. The normalized spacial score (nSPS) is 25.2. The molecule has 1 aromatic rings. The number of sulfonamides is 1. The summed E-state index contributed by atoms with van der Waals surface area (Å²) >= 11 is 0. The Labute approximate surface area is 112 Å². The minimum absolute atomic E-state index is 0.0271. The Morgan fingerprint density at radius 2 is 2.32 bits per heavy atom. The zero-order valence-electron chi connectivity index (χ0n) is 10.7. The first kappa shape index (κ1) is 14.2. The first-order valence-electron chi connectivity index (χ1n) is 6.05. The lowest BCUT2D eigenvalue weighted by Crippen LogP contribution is -2.45. The van der Waals surface area contributed by atoms with Crippen molar-refractivity contribution in [3.8, 4) is 0 Å². The highest BCUT2D eigenvalue weighted by Gasteiger charge is 2.34. The van der Waals surface area contributed by atoms with E-state index in [1.807, 2.05) is 6.92 Å². The predicted molar refractivity (Wildman–Crippen MR) is 70.6 cm³/mol. The van der Waals surface area contributed by atoms with Crippen molar-refractivity contribution in [2.75, 3.05) is 18.5 Å². The summed E-state index contributed by atoms with van der Waals surface area (Å²) in [6.45, 7) is 2.40. The number of hydrogen-bond donors (Lipinski definition) is 3. The standard InChI is InChI=1S/C11H18N4O3S/c1-8-3-5-15(7-10(8)16)19(17,18)11-6-13-4-2-9(11)14-12/h2,4,6,8,10,16H,3,5,7,12H2,1H3,(H,13,14). The van der Waals surface area contributed by atoms with Crippen molar-refractivity contribution in [3.05, 3.63) is 18.5 Å². The fourth-order valence-electron chi connectivity index (χ4n) is 2.08. The number of nitrogens with one attached hydrogen (secondary N) is 1. The van der Waals surface area contributed by atoms with Crippen molar-refractivity contribution in [3.63, 3.8) is 0 Å². The van der Waals surface area contributed by atoms with Gasteiger partial charge in [0.05, 0.1) is 11.8 Å². The molecule has 8 heteroatoms. The van der Waals surface area contributed by atoms with Crippen LogP contribution in [-0.2, 0) is 10.0 Å². The van der Waals surface area contributed by atoms with Gasteiger partial charge in [-0.1, -0.05) is 6.92 Å². The van der Waals surface area contributed by atoms with Gasteiger partial charge in [-0.05, 0) is 18.4 Å². The van der Waals surface area contributed by atoms with Crippen LogP contribution in [-0.4, -0.2) is 42.0 Å². The lowest BCUT2D eigenvalue weighted by Gasteiger charge is -2.33. The molecule has 0 saturated carbocycles. The van der Waals surface area contributed by atoms with Crippen LogP contribution < -0.4 is 11.3 Å². The number of nitrogens with zero attached hydrogens (tertiary/aromatic N) is 2. The summed E-state index contributed by atoms with van der Waals surface area (Å²) in [5.74, 6) is 5.42. The van der Waals surface area contributed by atoms with Crippen LogP contribution >= 0.6 is 0 Å². The van der Waals surface area contributed by atoms with Gasteiger partial charge in [0.15, 0.2) is 0 Å². The molecule has 2 unspecified atom stereocenters. The Kier molecular flexibility index (Phi) is 4.04.